The Morgan fingerprint density at radius 1 is 1.07 bits per heavy atom. The Kier molecular flexibility index (Phi) is 6.31. The average molecular weight is 370 g/mol. The van der Waals surface area contributed by atoms with Crippen molar-refractivity contribution in [3.63, 3.8) is 0 Å². The minimum absolute atomic E-state index is 0.0687. The Hall–Kier alpha value is -2.76. The highest BCUT2D eigenvalue weighted by atomic mass is 16.5. The number of carbonyl (C=O) groups excluding carboxylic acids is 2. The molecule has 1 aromatic heterocycles. The van der Waals surface area contributed by atoms with Gasteiger partial charge in [-0.25, -0.2) is 9.89 Å². The zero-order valence-corrected chi connectivity index (χ0v) is 16.7. The van der Waals surface area contributed by atoms with E-state index in [9.17, 15) is 14.4 Å². The van der Waals surface area contributed by atoms with Gasteiger partial charge in [-0.3, -0.25) is 9.59 Å². The molecule has 1 heterocycles. The first kappa shape index (κ1) is 20.6. The lowest BCUT2D eigenvalue weighted by atomic mass is 9.96. The van der Waals surface area contributed by atoms with Crippen LogP contribution in [0.3, 0.4) is 0 Å². The summed E-state index contributed by atoms with van der Waals surface area (Å²) in [7, 11) is 0. The second-order valence-electron chi connectivity index (χ2n) is 6.72. The first-order valence-electron chi connectivity index (χ1n) is 9.14. The summed E-state index contributed by atoms with van der Waals surface area (Å²) >= 11 is 0. The number of benzene rings is 1. The summed E-state index contributed by atoms with van der Waals surface area (Å²) in [6.45, 7) is 11.0. The van der Waals surface area contributed by atoms with E-state index < -0.39 is 17.6 Å². The number of hydrogen-bond donors (Lipinski definition) is 1. The third kappa shape index (κ3) is 4.15. The van der Waals surface area contributed by atoms with Gasteiger partial charge in [0.15, 0.2) is 6.10 Å². The van der Waals surface area contributed by atoms with Gasteiger partial charge in [-0.05, 0) is 68.9 Å². The second kappa shape index (κ2) is 8.29. The number of hydrogen-bond acceptors (Lipinski definition) is 5. The number of ether oxygens (including phenoxy) is 1. The number of Topliss-reactive ketones (excluding diaryl/α,β-unsaturated/α-hetero) is 1. The summed E-state index contributed by atoms with van der Waals surface area (Å²) in [4.78, 5) is 37.6. The first-order chi connectivity index (χ1) is 12.7. The van der Waals surface area contributed by atoms with Crippen LogP contribution in [0, 0.1) is 20.8 Å². The summed E-state index contributed by atoms with van der Waals surface area (Å²) < 4.78 is 5.36. The topological polar surface area (TPSA) is 89.1 Å². The van der Waals surface area contributed by atoms with Gasteiger partial charge in [-0.1, -0.05) is 19.9 Å². The van der Waals surface area contributed by atoms with Gasteiger partial charge in [0.2, 0.25) is 5.78 Å². The van der Waals surface area contributed by atoms with Gasteiger partial charge >= 0.3 is 5.97 Å². The van der Waals surface area contributed by atoms with E-state index in [0.717, 1.165) is 16.7 Å². The molecular formula is C21H26N2O4. The summed E-state index contributed by atoms with van der Waals surface area (Å²) in [5, 5.41) is 6.33. The molecule has 0 bridgehead atoms. The predicted molar refractivity (Wildman–Crippen MR) is 103 cm³/mol. The Labute approximate surface area is 159 Å². The standard InChI is InChI=1S/C21H26N2O4/c1-7-15-17(8-2)22-23-20(25)18(15)21(26)27-14(6)19(24)16-10-12(4)11(3)9-13(16)5/h9-10,14H,7-8H2,1-6H3,(H,23,25). The van der Waals surface area contributed by atoms with Crippen molar-refractivity contribution in [1.82, 2.24) is 10.2 Å². The molecule has 1 atom stereocenters. The summed E-state index contributed by atoms with van der Waals surface area (Å²) in [5.41, 5.74) is 3.98. The van der Waals surface area contributed by atoms with E-state index in [-0.39, 0.29) is 11.3 Å². The molecule has 0 aliphatic heterocycles. The van der Waals surface area contributed by atoms with Gasteiger partial charge in [-0.15, -0.1) is 0 Å². The smallest absolute Gasteiger partial charge is 0.344 e. The molecule has 1 aromatic carbocycles. The molecule has 0 radical (unpaired) electrons. The van der Waals surface area contributed by atoms with Crippen LogP contribution >= 0.6 is 0 Å². The van der Waals surface area contributed by atoms with E-state index >= 15 is 0 Å². The van der Waals surface area contributed by atoms with Gasteiger partial charge in [0.25, 0.3) is 5.56 Å². The molecule has 2 aromatic rings. The molecule has 144 valence electrons. The number of nitrogens with one attached hydrogen (secondary N) is 1. The minimum atomic E-state index is -0.999. The van der Waals surface area contributed by atoms with E-state index in [1.54, 1.807) is 0 Å². The fraction of sp³-hybridized carbons (Fsp3) is 0.429. The molecule has 0 spiro atoms. The summed E-state index contributed by atoms with van der Waals surface area (Å²) in [5.74, 6) is -1.09. The van der Waals surface area contributed by atoms with Crippen molar-refractivity contribution in [3.05, 3.63) is 61.6 Å². The number of rotatable bonds is 6. The number of esters is 1. The normalized spacial score (nSPS) is 11.9. The van der Waals surface area contributed by atoms with E-state index in [1.165, 1.54) is 6.92 Å². The molecular weight excluding hydrogens is 344 g/mol. The molecule has 0 aliphatic carbocycles. The number of aromatic amines is 1. The number of carbonyl (C=O) groups is 2. The van der Waals surface area contributed by atoms with Crippen molar-refractivity contribution in [1.29, 1.82) is 0 Å². The number of aromatic nitrogens is 2. The Balaban J connectivity index is 2.33. The molecule has 1 unspecified atom stereocenters. The highest BCUT2D eigenvalue weighted by Crippen LogP contribution is 2.19. The van der Waals surface area contributed by atoms with Gasteiger partial charge < -0.3 is 4.74 Å². The molecule has 6 heteroatoms. The van der Waals surface area contributed by atoms with Crippen LogP contribution in [0.15, 0.2) is 16.9 Å². The second-order valence-corrected chi connectivity index (χ2v) is 6.72. The largest absolute Gasteiger partial charge is 0.451 e. The summed E-state index contributed by atoms with van der Waals surface area (Å²) in [6, 6.07) is 3.75. The fourth-order valence-corrected chi connectivity index (χ4v) is 3.13. The molecule has 0 fully saturated rings. The van der Waals surface area contributed by atoms with Gasteiger partial charge in [0.05, 0.1) is 5.69 Å². The molecule has 0 saturated carbocycles. The zero-order chi connectivity index (χ0) is 20.3. The van der Waals surface area contributed by atoms with Gasteiger partial charge in [0, 0.05) is 5.56 Å². The zero-order valence-electron chi connectivity index (χ0n) is 16.7. The Morgan fingerprint density at radius 2 is 1.70 bits per heavy atom. The average Bonchev–Trinajstić information content (AvgIpc) is 2.63. The van der Waals surface area contributed by atoms with Crippen LogP contribution in [0.2, 0.25) is 0 Å². The van der Waals surface area contributed by atoms with Crippen molar-refractivity contribution in [2.24, 2.45) is 0 Å². The highest BCUT2D eigenvalue weighted by Gasteiger charge is 2.26. The molecule has 0 saturated heterocycles. The lowest BCUT2D eigenvalue weighted by molar-refractivity contribution is 0.0315. The number of ketones is 1. The lowest BCUT2D eigenvalue weighted by Gasteiger charge is -2.16. The van der Waals surface area contributed by atoms with Crippen LogP contribution in [0.25, 0.3) is 0 Å². The maximum atomic E-state index is 12.8. The van der Waals surface area contributed by atoms with Crippen LogP contribution < -0.4 is 5.56 Å². The monoisotopic (exact) mass is 370 g/mol. The van der Waals surface area contributed by atoms with Crippen LogP contribution in [0.1, 0.15) is 69.4 Å². The SMILES string of the molecule is CCc1n[nH]c(=O)c(C(=O)OC(C)C(=O)c2cc(C)c(C)cc2C)c1CC. The van der Waals surface area contributed by atoms with Crippen molar-refractivity contribution >= 4 is 11.8 Å². The molecule has 2 rings (SSSR count). The van der Waals surface area contributed by atoms with Crippen LogP contribution in [0.5, 0.6) is 0 Å². The van der Waals surface area contributed by atoms with Crippen LogP contribution in [0.4, 0.5) is 0 Å². The molecule has 6 nitrogen and oxygen atoms in total. The van der Waals surface area contributed by atoms with Crippen molar-refractivity contribution in [3.8, 4) is 0 Å². The third-order valence-electron chi connectivity index (χ3n) is 4.82. The Bertz CT molecular complexity index is 944. The van der Waals surface area contributed by atoms with Gasteiger partial charge in [0.1, 0.15) is 5.56 Å². The number of H-pyrrole nitrogens is 1. The van der Waals surface area contributed by atoms with E-state index in [1.807, 2.05) is 46.8 Å². The maximum Gasteiger partial charge on any atom is 0.344 e. The number of aryl methyl sites for hydroxylation is 4. The lowest BCUT2D eigenvalue weighted by Crippen LogP contribution is -2.30. The van der Waals surface area contributed by atoms with Crippen LogP contribution in [-0.2, 0) is 17.6 Å². The minimum Gasteiger partial charge on any atom is -0.451 e. The fourth-order valence-electron chi connectivity index (χ4n) is 3.13. The molecule has 27 heavy (non-hydrogen) atoms. The predicted octanol–water partition coefficient (Wildman–Crippen LogP) is 3.25. The summed E-state index contributed by atoms with van der Waals surface area (Å²) in [6.07, 6.45) is 0.0558. The van der Waals surface area contributed by atoms with E-state index in [2.05, 4.69) is 10.2 Å². The third-order valence-corrected chi connectivity index (χ3v) is 4.82. The molecule has 0 aliphatic rings. The first-order valence-corrected chi connectivity index (χ1v) is 9.14. The van der Waals surface area contributed by atoms with Crippen LogP contribution in [-0.4, -0.2) is 28.1 Å². The van der Waals surface area contributed by atoms with E-state index in [0.29, 0.717) is 29.7 Å². The quantitative estimate of drug-likeness (QED) is 0.623. The van der Waals surface area contributed by atoms with Crippen molar-refractivity contribution < 1.29 is 14.3 Å². The molecule has 1 N–H and O–H groups in total. The van der Waals surface area contributed by atoms with E-state index in [4.69, 9.17) is 4.74 Å². The van der Waals surface area contributed by atoms with Crippen molar-refractivity contribution in [2.75, 3.05) is 0 Å². The highest BCUT2D eigenvalue weighted by molar-refractivity contribution is 6.02. The number of nitrogens with zero attached hydrogens (tertiary/aromatic N) is 1. The van der Waals surface area contributed by atoms with Crippen molar-refractivity contribution in [2.45, 2.75) is 60.5 Å². The Morgan fingerprint density at radius 3 is 2.30 bits per heavy atom. The maximum absolute atomic E-state index is 12.8. The molecule has 0 amide bonds. The van der Waals surface area contributed by atoms with Gasteiger partial charge in [-0.2, -0.15) is 5.10 Å².